The second-order valence-electron chi connectivity index (χ2n) is 17.9. The lowest BCUT2D eigenvalue weighted by atomic mass is 9.73. The van der Waals surface area contributed by atoms with Gasteiger partial charge in [0.25, 0.3) is 5.91 Å². The first-order valence-corrected chi connectivity index (χ1v) is 22.1. The first-order chi connectivity index (χ1) is 28.7. The molecule has 17 heteroatoms. The summed E-state index contributed by atoms with van der Waals surface area (Å²) in [6.07, 6.45) is -6.04. The number of carbonyl (C=O) groups is 3. The molecule has 2 aromatic heterocycles. The zero-order valence-electron chi connectivity index (χ0n) is 36.9. The third kappa shape index (κ3) is 10.1. The molecule has 0 aromatic carbocycles. The highest BCUT2D eigenvalue weighted by atomic mass is 32.1. The Hall–Kier alpha value is -3.68. The number of nitrogens with two attached hydrogens (primary N) is 1. The van der Waals surface area contributed by atoms with Crippen LogP contribution in [0.4, 0.5) is 5.82 Å². The first kappa shape index (κ1) is 46.8. The average molecular weight is 870 g/mol. The van der Waals surface area contributed by atoms with Crippen LogP contribution in [0.3, 0.4) is 0 Å². The summed E-state index contributed by atoms with van der Waals surface area (Å²) in [7, 11) is 3.74. The molecule has 0 saturated carbocycles. The highest BCUT2D eigenvalue weighted by molar-refractivity contribution is 7.15. The predicted molar refractivity (Wildman–Crippen MR) is 229 cm³/mol. The van der Waals surface area contributed by atoms with E-state index in [-0.39, 0.29) is 50.3 Å². The zero-order valence-corrected chi connectivity index (χ0v) is 37.7. The summed E-state index contributed by atoms with van der Waals surface area (Å²) < 4.78 is 32.5. The molecule has 0 aliphatic carbocycles. The van der Waals surface area contributed by atoms with E-state index in [0.717, 1.165) is 9.75 Å². The van der Waals surface area contributed by atoms with Crippen molar-refractivity contribution in [1.29, 1.82) is 0 Å². The molecule has 0 spiro atoms. The number of nitrogens with zero attached hydrogens (tertiary/aromatic N) is 4. The summed E-state index contributed by atoms with van der Waals surface area (Å²) in [5, 5.41) is 28.6. The van der Waals surface area contributed by atoms with E-state index in [9.17, 15) is 24.6 Å². The molecule has 6 heterocycles. The number of oxime groups is 1. The second kappa shape index (κ2) is 19.0. The summed E-state index contributed by atoms with van der Waals surface area (Å²) in [6.45, 7) is 13.4. The largest absolute Gasteiger partial charge is 0.459 e. The molecular weight excluding hydrogens is 807 g/mol. The quantitative estimate of drug-likeness (QED) is 0.263. The minimum atomic E-state index is -1.84. The third-order valence-electron chi connectivity index (χ3n) is 12.7. The number of Topliss-reactive ketones (excluding diaryl/α,β-unsaturated/α-hetero) is 1. The van der Waals surface area contributed by atoms with Gasteiger partial charge in [-0.05, 0) is 91.2 Å². The fourth-order valence-corrected chi connectivity index (χ4v) is 10.3. The van der Waals surface area contributed by atoms with Gasteiger partial charge in [0.2, 0.25) is 6.10 Å². The number of nitrogen functional groups attached to an aromatic ring is 1. The SMILES string of the molecule is CC[C@H]1OC(=O)[C@H](C)C(=O)[C@H](C)[C@@H](O[C@@H]2O[C@H](C)C[C@H](N(C)C)[C@H]2O)[C@@]2(C)C[C@@H](C)C3=NC(=O)C(Cc4ccc(-c5cccc(N)n5)s4)O/N=C(\CO[C@@H]([C@@H]3C)[C@]1(C)O)CO2. The summed E-state index contributed by atoms with van der Waals surface area (Å²) in [4.78, 5) is 61.8. The van der Waals surface area contributed by atoms with Gasteiger partial charge in [0.1, 0.15) is 35.3 Å². The number of ether oxygens (including phenoxy) is 5. The van der Waals surface area contributed by atoms with Crippen LogP contribution in [0.25, 0.3) is 10.6 Å². The molecule has 4 aliphatic rings. The van der Waals surface area contributed by atoms with E-state index in [4.69, 9.17) is 39.2 Å². The van der Waals surface area contributed by atoms with Crippen LogP contribution in [0, 0.1) is 23.7 Å². The number of likely N-dealkylation sites (N-methyl/N-ethyl adjacent to an activating group) is 1. The molecule has 1 amide bonds. The lowest BCUT2D eigenvalue weighted by molar-refractivity contribution is -0.296. The van der Waals surface area contributed by atoms with Gasteiger partial charge in [0.15, 0.2) is 12.1 Å². The van der Waals surface area contributed by atoms with E-state index in [1.165, 1.54) is 25.2 Å². The summed E-state index contributed by atoms with van der Waals surface area (Å²) in [5.41, 5.74) is 4.05. The van der Waals surface area contributed by atoms with E-state index in [0.29, 0.717) is 23.6 Å². The maximum absolute atomic E-state index is 14.5. The van der Waals surface area contributed by atoms with Gasteiger partial charge in [0.05, 0.1) is 47.7 Å². The normalized spacial score (nSPS) is 39.0. The molecule has 14 atom stereocenters. The molecule has 4 bridgehead atoms. The zero-order chi connectivity index (χ0) is 44.6. The fraction of sp³-hybridized carbons (Fsp3) is 0.682. The summed E-state index contributed by atoms with van der Waals surface area (Å²) in [6, 6.07) is 8.89. The molecule has 2 aromatic rings. The van der Waals surface area contributed by atoms with Crippen molar-refractivity contribution in [3.63, 3.8) is 0 Å². The number of hydrogen-bond donors (Lipinski definition) is 3. The van der Waals surface area contributed by atoms with Gasteiger partial charge in [-0.3, -0.25) is 14.4 Å². The van der Waals surface area contributed by atoms with E-state index >= 15 is 0 Å². The van der Waals surface area contributed by atoms with Crippen molar-refractivity contribution >= 4 is 46.2 Å². The van der Waals surface area contributed by atoms with Crippen LogP contribution in [0.1, 0.15) is 79.5 Å². The molecule has 1 unspecified atom stereocenters. The fourth-order valence-electron chi connectivity index (χ4n) is 9.33. The number of pyridine rings is 1. The maximum Gasteiger partial charge on any atom is 0.316 e. The highest BCUT2D eigenvalue weighted by Gasteiger charge is 2.53. The number of aliphatic imine (C=N–C) groups is 1. The van der Waals surface area contributed by atoms with Crippen molar-refractivity contribution in [2.75, 3.05) is 33.0 Å². The van der Waals surface area contributed by atoms with Gasteiger partial charge in [-0.2, -0.15) is 0 Å². The molecule has 3 fully saturated rings. The Morgan fingerprint density at radius 1 is 1.03 bits per heavy atom. The van der Waals surface area contributed by atoms with Crippen LogP contribution in [-0.4, -0.2) is 137 Å². The van der Waals surface area contributed by atoms with Gasteiger partial charge in [-0.1, -0.05) is 38.9 Å². The Kier molecular flexibility index (Phi) is 14.6. The number of aromatic nitrogens is 1. The Morgan fingerprint density at radius 2 is 1.77 bits per heavy atom. The van der Waals surface area contributed by atoms with E-state index in [1.54, 1.807) is 26.8 Å². The van der Waals surface area contributed by atoms with Crippen molar-refractivity contribution in [2.45, 2.75) is 141 Å². The number of cyclic esters (lactones) is 1. The number of hydrogen-bond acceptors (Lipinski definition) is 16. The van der Waals surface area contributed by atoms with Crippen molar-refractivity contribution in [2.24, 2.45) is 33.8 Å². The van der Waals surface area contributed by atoms with Gasteiger partial charge in [0, 0.05) is 34.9 Å². The number of rotatable bonds is 7. The minimum Gasteiger partial charge on any atom is -0.459 e. The lowest BCUT2D eigenvalue weighted by Gasteiger charge is -2.47. The number of amides is 1. The minimum absolute atomic E-state index is 0.139. The number of thiophene rings is 1. The van der Waals surface area contributed by atoms with Gasteiger partial charge >= 0.3 is 5.97 Å². The van der Waals surface area contributed by atoms with Crippen LogP contribution in [0.2, 0.25) is 0 Å². The Balaban J connectivity index is 1.48. The molecule has 4 aliphatic heterocycles. The number of anilines is 1. The van der Waals surface area contributed by atoms with Crippen molar-refractivity contribution in [3.8, 4) is 10.6 Å². The Bertz CT molecular complexity index is 1970. The Morgan fingerprint density at radius 3 is 2.46 bits per heavy atom. The van der Waals surface area contributed by atoms with Crippen LogP contribution in [0.5, 0.6) is 0 Å². The van der Waals surface area contributed by atoms with Crippen molar-refractivity contribution in [3.05, 3.63) is 35.2 Å². The van der Waals surface area contributed by atoms with E-state index in [1.807, 2.05) is 64.0 Å². The lowest BCUT2D eigenvalue weighted by Crippen LogP contribution is -2.60. The molecule has 336 valence electrons. The number of ketones is 1. The molecular formula is C44H63N5O11S. The van der Waals surface area contributed by atoms with E-state index in [2.05, 4.69) is 10.1 Å². The standard InChI is InChI=1S/C44H63N5O11S/c1-11-33-44(8,54)39-24(4)35-22(2)19-43(7,38(25(5)36(50)26(6)41(53)58-33)59-42-37(51)30(49(9)10)17-23(3)57-42)56-21-27(20-55-39)48-60-31(40(52)47-35)18-28-15-16-32(61-28)29-13-12-14-34(45)46-29/h12-16,22-26,30-31,33,37-39,42,51,54H,11,17-21H2,1-10H3,(H2,45,46)/b47-35?,48-27+/t22-,23-,24-,25+,26-,30+,31?,33-,37-,38-,39+,42+,43-,44-/m1/s1. The van der Waals surface area contributed by atoms with Crippen molar-refractivity contribution < 1.29 is 53.1 Å². The number of esters is 1. The van der Waals surface area contributed by atoms with Crippen LogP contribution in [-0.2, 0) is 49.3 Å². The van der Waals surface area contributed by atoms with E-state index < -0.39 is 89.3 Å². The highest BCUT2D eigenvalue weighted by Crippen LogP contribution is 2.40. The van der Waals surface area contributed by atoms with Crippen LogP contribution in [0.15, 0.2) is 40.5 Å². The smallest absolute Gasteiger partial charge is 0.316 e. The average Bonchev–Trinajstić information content (AvgIpc) is 3.67. The molecule has 16 nitrogen and oxygen atoms in total. The number of fused-ring (bicyclic) bond motifs is 4. The summed E-state index contributed by atoms with van der Waals surface area (Å²) in [5.74, 6) is -5.09. The molecule has 61 heavy (non-hydrogen) atoms. The number of aliphatic hydroxyl groups is 2. The van der Waals surface area contributed by atoms with Gasteiger partial charge in [-0.25, -0.2) is 9.98 Å². The molecule has 6 rings (SSSR count). The predicted octanol–water partition coefficient (Wildman–Crippen LogP) is 4.23. The topological polar surface area (TPSA) is 214 Å². The van der Waals surface area contributed by atoms with Crippen LogP contribution >= 0.6 is 11.3 Å². The van der Waals surface area contributed by atoms with Crippen molar-refractivity contribution in [1.82, 2.24) is 9.88 Å². The maximum atomic E-state index is 14.5. The van der Waals surface area contributed by atoms with Crippen LogP contribution < -0.4 is 5.73 Å². The monoisotopic (exact) mass is 869 g/mol. The second-order valence-corrected chi connectivity index (χ2v) is 19.0. The number of aliphatic hydroxyl groups excluding tert-OH is 1. The summed E-state index contributed by atoms with van der Waals surface area (Å²) >= 11 is 1.44. The molecule has 4 N–H and O–H groups in total. The van der Waals surface area contributed by atoms with Gasteiger partial charge < -0.3 is 49.4 Å². The Labute approximate surface area is 362 Å². The van der Waals surface area contributed by atoms with Gasteiger partial charge in [-0.15, -0.1) is 11.3 Å². The molecule has 3 saturated heterocycles. The number of carbonyl (C=O) groups excluding carboxylic acids is 3. The first-order valence-electron chi connectivity index (χ1n) is 21.3. The third-order valence-corrected chi connectivity index (χ3v) is 13.9. The molecule has 0 radical (unpaired) electrons.